The topological polar surface area (TPSA) is 24.0 Å². The normalized spacial score (nSPS) is 12.4. The van der Waals surface area contributed by atoms with Gasteiger partial charge in [-0.25, -0.2) is 0 Å². The Labute approximate surface area is 307 Å². The summed E-state index contributed by atoms with van der Waals surface area (Å²) < 4.78 is 5.23. The van der Waals surface area contributed by atoms with E-state index in [1.165, 1.54) is 90.2 Å². The molecule has 12 rings (SSSR count). The van der Waals surface area contributed by atoms with Gasteiger partial charge in [-0.3, -0.25) is 0 Å². The third-order valence-electron chi connectivity index (χ3n) is 11.0. The quantitative estimate of drug-likeness (QED) is 0.182. The molecule has 0 radical (unpaired) electrons. The van der Waals surface area contributed by atoms with Crippen molar-refractivity contribution in [3.63, 3.8) is 0 Å². The molecule has 0 atom stereocenters. The molecule has 1 aliphatic heterocycles. The molecule has 0 aliphatic carbocycles. The van der Waals surface area contributed by atoms with E-state index < -0.39 is 0 Å². The number of nitrogens with one attached hydrogen (secondary N) is 1. The van der Waals surface area contributed by atoms with Crippen molar-refractivity contribution in [3.8, 4) is 16.8 Å². The molecule has 242 valence electrons. The highest BCUT2D eigenvalue weighted by Crippen LogP contribution is 2.46. The maximum absolute atomic E-state index is 3.93. The van der Waals surface area contributed by atoms with Crippen LogP contribution in [0.25, 0.3) is 79.2 Å². The van der Waals surface area contributed by atoms with Crippen molar-refractivity contribution in [1.82, 2.24) is 9.55 Å². The Bertz CT molecular complexity index is 3180. The zero-order valence-corrected chi connectivity index (χ0v) is 29.6. The number of fused-ring (bicyclic) bond motifs is 12. The van der Waals surface area contributed by atoms with Crippen LogP contribution in [-0.2, 0) is 0 Å². The monoisotopic (exact) mass is 697 g/mol. The van der Waals surface area contributed by atoms with Crippen LogP contribution in [0.1, 0.15) is 0 Å². The molecule has 1 aliphatic rings. The third-order valence-corrected chi connectivity index (χ3v) is 13.2. The molecule has 0 saturated heterocycles. The van der Waals surface area contributed by atoms with Crippen molar-refractivity contribution in [2.75, 3.05) is 4.90 Å². The fourth-order valence-electron chi connectivity index (χ4n) is 8.80. The first kappa shape index (κ1) is 28.6. The summed E-state index contributed by atoms with van der Waals surface area (Å²) in [7, 11) is 0.864. The molecule has 0 saturated carbocycles. The molecule has 3 nitrogen and oxygen atoms in total. The molecule has 1 N–H and O–H groups in total. The predicted molar refractivity (Wildman–Crippen MR) is 227 cm³/mol. The van der Waals surface area contributed by atoms with Gasteiger partial charge >= 0.3 is 0 Å². The fraction of sp³-hybridized carbons (Fsp3) is 0. The molecule has 0 unspecified atom stereocenters. The van der Waals surface area contributed by atoms with Gasteiger partial charge in [0.1, 0.15) is 9.66 Å². The minimum atomic E-state index is 0.864. The molecule has 4 aromatic heterocycles. The number of thiophene rings is 2. The van der Waals surface area contributed by atoms with Gasteiger partial charge in [0.05, 0.1) is 5.52 Å². The molecular weight excluding hydrogens is 669 g/mol. The summed E-state index contributed by atoms with van der Waals surface area (Å²) in [6.07, 6.45) is 0. The third kappa shape index (κ3) is 3.91. The van der Waals surface area contributed by atoms with Crippen LogP contribution >= 0.6 is 22.7 Å². The van der Waals surface area contributed by atoms with Gasteiger partial charge in [-0.15, -0.1) is 22.7 Å². The number of nitrogens with zero attached hydrogens (tertiary/aromatic N) is 2. The number of hydrogen-bond acceptors (Lipinski definition) is 3. The van der Waals surface area contributed by atoms with Crippen LogP contribution in [0.3, 0.4) is 0 Å². The van der Waals surface area contributed by atoms with E-state index in [0.29, 0.717) is 0 Å². The second-order valence-corrected chi connectivity index (χ2v) is 15.8. The number of hydrogen-bond donors (Lipinski definition) is 1. The number of aromatic amines is 1. The number of H-pyrrole nitrogens is 1. The lowest BCUT2D eigenvalue weighted by Gasteiger charge is -2.30. The predicted octanol–water partition coefficient (Wildman–Crippen LogP) is 11.7. The SMILES string of the molecule is B1c2c(-c3cccc4c3[nH]c3sc5ccccc5c34)cc(N(c3ccccc3)c3ccccc3)cc2-n2c3sc4ccccc4c3c3cccc1c32. The summed E-state index contributed by atoms with van der Waals surface area (Å²) in [4.78, 5) is 8.88. The number of rotatable bonds is 4. The van der Waals surface area contributed by atoms with Crippen LogP contribution < -0.4 is 15.8 Å². The Hall–Kier alpha value is -6.08. The van der Waals surface area contributed by atoms with Gasteiger partial charge in [-0.2, -0.15) is 0 Å². The van der Waals surface area contributed by atoms with Gasteiger partial charge in [0.25, 0.3) is 0 Å². The van der Waals surface area contributed by atoms with Gasteiger partial charge in [0.2, 0.25) is 0 Å². The lowest BCUT2D eigenvalue weighted by Crippen LogP contribution is -2.37. The Balaban J connectivity index is 1.22. The number of anilines is 3. The molecule has 52 heavy (non-hydrogen) atoms. The average Bonchev–Trinajstić information content (AvgIpc) is 3.94. The molecular formula is C46H28BN3S2. The molecule has 7 aromatic carbocycles. The van der Waals surface area contributed by atoms with E-state index in [4.69, 9.17) is 0 Å². The Kier molecular flexibility index (Phi) is 5.90. The Morgan fingerprint density at radius 3 is 1.92 bits per heavy atom. The summed E-state index contributed by atoms with van der Waals surface area (Å²) in [6, 6.07) is 57.9. The summed E-state index contributed by atoms with van der Waals surface area (Å²) in [5, 5.41) is 7.95. The standard InChI is InChI=1S/C46H28BN3S2/c1-3-13-27(14-4-1)49(28-15-5-2-6-16-28)29-25-35(30-19-11-20-33-40-31-17-7-9-23-38(31)51-45(40)48-43(30)33)42-37(26-29)50-44-34(21-12-22-36(44)47-42)41-32-18-8-10-24-39(32)52-46(41)50/h1-26,47-48H. The van der Waals surface area contributed by atoms with Crippen LogP contribution in [0.15, 0.2) is 158 Å². The summed E-state index contributed by atoms with van der Waals surface area (Å²) >= 11 is 3.75. The second kappa shape index (κ2) is 10.7. The van der Waals surface area contributed by atoms with Crippen LogP contribution in [0.2, 0.25) is 0 Å². The zero-order valence-electron chi connectivity index (χ0n) is 27.9. The minimum Gasteiger partial charge on any atom is -0.346 e. The number of aromatic nitrogens is 2. The van der Waals surface area contributed by atoms with E-state index in [1.807, 2.05) is 22.7 Å². The lowest BCUT2D eigenvalue weighted by atomic mass is 9.59. The first-order valence-corrected chi connectivity index (χ1v) is 19.4. The van der Waals surface area contributed by atoms with E-state index >= 15 is 0 Å². The van der Waals surface area contributed by atoms with Gasteiger partial charge < -0.3 is 14.5 Å². The van der Waals surface area contributed by atoms with E-state index in [2.05, 4.69) is 172 Å². The van der Waals surface area contributed by atoms with Gasteiger partial charge in [-0.05, 0) is 59.6 Å². The molecule has 0 fully saturated rings. The van der Waals surface area contributed by atoms with Crippen molar-refractivity contribution in [3.05, 3.63) is 158 Å². The van der Waals surface area contributed by atoms with E-state index in [1.54, 1.807) is 0 Å². The van der Waals surface area contributed by atoms with Crippen LogP contribution in [0.5, 0.6) is 0 Å². The van der Waals surface area contributed by atoms with Crippen molar-refractivity contribution >= 4 is 120 Å². The zero-order chi connectivity index (χ0) is 33.9. The Morgan fingerprint density at radius 2 is 1.15 bits per heavy atom. The van der Waals surface area contributed by atoms with Crippen LogP contribution in [0, 0.1) is 0 Å². The van der Waals surface area contributed by atoms with Crippen LogP contribution in [-0.4, -0.2) is 16.8 Å². The molecule has 0 amide bonds. The number of para-hydroxylation sites is 4. The first-order valence-electron chi connectivity index (χ1n) is 17.7. The summed E-state index contributed by atoms with van der Waals surface area (Å²) in [5.74, 6) is 0. The maximum Gasteiger partial charge on any atom is 0.198 e. The van der Waals surface area contributed by atoms with Gasteiger partial charge in [0, 0.05) is 75.5 Å². The van der Waals surface area contributed by atoms with E-state index in [0.717, 1.165) is 24.3 Å². The highest BCUT2D eigenvalue weighted by Gasteiger charge is 2.30. The minimum absolute atomic E-state index is 0.864. The molecule has 6 heteroatoms. The second-order valence-electron chi connectivity index (χ2n) is 13.8. The summed E-state index contributed by atoms with van der Waals surface area (Å²) in [6.45, 7) is 0. The lowest BCUT2D eigenvalue weighted by molar-refractivity contribution is 1.19. The molecule has 5 heterocycles. The van der Waals surface area contributed by atoms with Crippen LogP contribution in [0.4, 0.5) is 17.1 Å². The van der Waals surface area contributed by atoms with Crippen molar-refractivity contribution in [2.45, 2.75) is 0 Å². The van der Waals surface area contributed by atoms with E-state index in [-0.39, 0.29) is 0 Å². The fourth-order valence-corrected chi connectivity index (χ4v) is 11.2. The largest absolute Gasteiger partial charge is 0.346 e. The number of benzene rings is 7. The Morgan fingerprint density at radius 1 is 0.519 bits per heavy atom. The van der Waals surface area contributed by atoms with Crippen molar-refractivity contribution < 1.29 is 0 Å². The molecule has 0 bridgehead atoms. The smallest absolute Gasteiger partial charge is 0.198 e. The van der Waals surface area contributed by atoms with Crippen molar-refractivity contribution in [1.29, 1.82) is 0 Å². The maximum atomic E-state index is 3.93. The molecule has 11 aromatic rings. The average molecular weight is 698 g/mol. The van der Waals surface area contributed by atoms with E-state index in [9.17, 15) is 0 Å². The van der Waals surface area contributed by atoms with Gasteiger partial charge in [-0.1, -0.05) is 115 Å². The molecule has 0 spiro atoms. The van der Waals surface area contributed by atoms with Gasteiger partial charge in [0.15, 0.2) is 7.28 Å². The summed E-state index contributed by atoms with van der Waals surface area (Å²) in [5.41, 5.74) is 12.4. The highest BCUT2D eigenvalue weighted by molar-refractivity contribution is 7.26. The van der Waals surface area contributed by atoms with Crippen molar-refractivity contribution in [2.24, 2.45) is 0 Å². The highest BCUT2D eigenvalue weighted by atomic mass is 32.1. The first-order chi connectivity index (χ1) is 25.8.